The summed E-state index contributed by atoms with van der Waals surface area (Å²) in [6.45, 7) is 10.3. The molecule has 0 aromatic carbocycles. The van der Waals surface area contributed by atoms with Gasteiger partial charge in [0.25, 0.3) is 0 Å². The lowest BCUT2D eigenvalue weighted by Crippen LogP contribution is -2.44. The van der Waals surface area contributed by atoms with Crippen LogP contribution in [0, 0.1) is 6.92 Å². The van der Waals surface area contributed by atoms with Gasteiger partial charge >= 0.3 is 18.0 Å². The van der Waals surface area contributed by atoms with E-state index in [1.807, 2.05) is 0 Å². The van der Waals surface area contributed by atoms with E-state index in [0.29, 0.717) is 16.3 Å². The van der Waals surface area contributed by atoms with Gasteiger partial charge in [0.05, 0.1) is 23.2 Å². The van der Waals surface area contributed by atoms with Crippen molar-refractivity contribution < 1.29 is 28.3 Å². The van der Waals surface area contributed by atoms with Crippen LogP contribution in [0.2, 0.25) is 0 Å². The van der Waals surface area contributed by atoms with Crippen molar-refractivity contribution in [3.63, 3.8) is 0 Å². The highest BCUT2D eigenvalue weighted by atomic mass is 32.1. The Kier molecular flexibility index (Phi) is 7.02. The van der Waals surface area contributed by atoms with Gasteiger partial charge in [-0.05, 0) is 47.1 Å². The molecule has 9 nitrogen and oxygen atoms in total. The molecule has 2 rings (SSSR count). The van der Waals surface area contributed by atoms with E-state index in [1.165, 1.54) is 19.4 Å². The summed E-state index contributed by atoms with van der Waals surface area (Å²) in [4.78, 5) is 41.6. The Hall–Kier alpha value is -2.88. The summed E-state index contributed by atoms with van der Waals surface area (Å²) in [5.41, 5.74) is 0.118. The Labute approximate surface area is 172 Å². The lowest BCUT2D eigenvalue weighted by molar-refractivity contribution is -0.156. The Balaban J connectivity index is 2.22. The van der Waals surface area contributed by atoms with Crippen LogP contribution < -0.4 is 10.6 Å². The molecule has 1 atom stereocenters. The van der Waals surface area contributed by atoms with Crippen LogP contribution in [0.4, 0.5) is 9.80 Å². The molecule has 0 aliphatic rings. The zero-order valence-electron chi connectivity index (χ0n) is 17.2. The zero-order chi connectivity index (χ0) is 21.8. The zero-order valence-corrected chi connectivity index (χ0v) is 18.1. The molecule has 2 amide bonds. The number of amides is 2. The number of nitrogens with zero attached hydrogens (tertiary/aromatic N) is 1. The van der Waals surface area contributed by atoms with Crippen LogP contribution in [-0.4, -0.2) is 41.2 Å². The second-order valence-electron chi connectivity index (χ2n) is 7.17. The van der Waals surface area contributed by atoms with Crippen molar-refractivity contribution in [2.24, 2.45) is 0 Å². The fraction of sp³-hybridized carbons (Fsp3) is 0.474. The van der Waals surface area contributed by atoms with Crippen LogP contribution in [0.25, 0.3) is 10.8 Å². The minimum Gasteiger partial charge on any atom is -0.462 e. The van der Waals surface area contributed by atoms with E-state index in [2.05, 4.69) is 15.6 Å². The number of carbonyl (C=O) groups excluding carboxylic acids is 3. The average Bonchev–Trinajstić information content (AvgIpc) is 3.21. The third kappa shape index (κ3) is 5.80. The lowest BCUT2D eigenvalue weighted by Gasteiger charge is -2.22. The van der Waals surface area contributed by atoms with E-state index in [1.54, 1.807) is 34.6 Å². The van der Waals surface area contributed by atoms with Gasteiger partial charge in [0.1, 0.15) is 22.9 Å². The van der Waals surface area contributed by atoms with Crippen LogP contribution >= 0.6 is 11.3 Å². The third-order valence-electron chi connectivity index (χ3n) is 3.59. The maximum absolute atomic E-state index is 12.4. The number of hydrogen-bond acceptors (Lipinski definition) is 8. The van der Waals surface area contributed by atoms with Gasteiger partial charge in [0, 0.05) is 0 Å². The van der Waals surface area contributed by atoms with Gasteiger partial charge in [-0.25, -0.2) is 19.4 Å². The molecule has 0 aliphatic carbocycles. The van der Waals surface area contributed by atoms with Crippen molar-refractivity contribution in [2.45, 2.75) is 53.2 Å². The third-order valence-corrected chi connectivity index (χ3v) is 4.78. The number of oxazole rings is 1. The summed E-state index contributed by atoms with van der Waals surface area (Å²) in [6.07, 6.45) is 2.90. The fourth-order valence-electron chi connectivity index (χ4n) is 2.38. The van der Waals surface area contributed by atoms with Crippen LogP contribution in [0.3, 0.4) is 0 Å². The van der Waals surface area contributed by atoms with Gasteiger partial charge in [-0.1, -0.05) is 0 Å². The topological polar surface area (TPSA) is 120 Å². The van der Waals surface area contributed by atoms with Crippen molar-refractivity contribution in [3.05, 3.63) is 23.6 Å². The Morgan fingerprint density at radius 2 is 2.00 bits per heavy atom. The van der Waals surface area contributed by atoms with Gasteiger partial charge in [-0.2, -0.15) is 0 Å². The molecule has 0 fully saturated rings. The number of hydrogen-bond donors (Lipinski definition) is 2. The molecule has 0 spiro atoms. The van der Waals surface area contributed by atoms with Crippen LogP contribution in [0.5, 0.6) is 0 Å². The number of anilines is 1. The summed E-state index contributed by atoms with van der Waals surface area (Å²) in [5, 5.41) is 5.38. The van der Waals surface area contributed by atoms with Crippen LogP contribution in [0.15, 0.2) is 16.9 Å². The molecular weight excluding hydrogens is 398 g/mol. The molecule has 10 heteroatoms. The van der Waals surface area contributed by atoms with Crippen LogP contribution in [0.1, 0.15) is 50.5 Å². The van der Waals surface area contributed by atoms with E-state index in [4.69, 9.17) is 13.9 Å². The summed E-state index contributed by atoms with van der Waals surface area (Å²) in [6, 6.07) is -1.54. The highest BCUT2D eigenvalue weighted by Gasteiger charge is 2.27. The molecule has 1 unspecified atom stereocenters. The summed E-state index contributed by atoms with van der Waals surface area (Å²) < 4.78 is 15.7. The van der Waals surface area contributed by atoms with Gasteiger partial charge < -0.3 is 19.2 Å². The molecule has 29 heavy (non-hydrogen) atoms. The predicted octanol–water partition coefficient (Wildman–Crippen LogP) is 3.74. The SMILES string of the molecule is CCOC(=O)c1c(NC(=O)NC(C)C(=O)OC(C)(C)C)sc(-c2ncco2)c1C. The minimum absolute atomic E-state index is 0.184. The van der Waals surface area contributed by atoms with Crippen molar-refractivity contribution in [3.8, 4) is 10.8 Å². The number of urea groups is 1. The van der Waals surface area contributed by atoms with E-state index in [-0.39, 0.29) is 17.2 Å². The first kappa shape index (κ1) is 22.4. The second-order valence-corrected chi connectivity index (χ2v) is 8.19. The first-order valence-electron chi connectivity index (χ1n) is 9.04. The van der Waals surface area contributed by atoms with E-state index < -0.39 is 29.6 Å². The van der Waals surface area contributed by atoms with Crippen molar-refractivity contribution in [2.75, 3.05) is 11.9 Å². The number of thiophene rings is 1. The van der Waals surface area contributed by atoms with Gasteiger partial charge in [0.15, 0.2) is 0 Å². The molecule has 0 aliphatic heterocycles. The average molecular weight is 423 g/mol. The molecule has 0 radical (unpaired) electrons. The molecule has 0 saturated carbocycles. The number of esters is 2. The smallest absolute Gasteiger partial charge is 0.341 e. The summed E-state index contributed by atoms with van der Waals surface area (Å²) in [5.74, 6) is -0.815. The van der Waals surface area contributed by atoms with Gasteiger partial charge in [-0.3, -0.25) is 5.32 Å². The molecular formula is C19H25N3O6S. The standard InChI is InChI=1S/C19H25N3O6S/c1-7-26-17(24)12-10(2)13(14-20-8-9-27-14)29-15(12)22-18(25)21-11(3)16(23)28-19(4,5)6/h8-9,11H,7H2,1-6H3,(H2,21,22,25). The first-order chi connectivity index (χ1) is 13.5. The number of aromatic nitrogens is 1. The molecule has 2 N–H and O–H groups in total. The Morgan fingerprint density at radius 1 is 1.31 bits per heavy atom. The second kappa shape index (κ2) is 9.08. The normalized spacial score (nSPS) is 12.2. The molecule has 2 heterocycles. The number of ether oxygens (including phenoxy) is 2. The monoisotopic (exact) mass is 423 g/mol. The van der Waals surface area contributed by atoms with E-state index >= 15 is 0 Å². The van der Waals surface area contributed by atoms with Crippen molar-refractivity contribution >= 4 is 34.3 Å². The molecule has 0 saturated heterocycles. The van der Waals surface area contributed by atoms with Crippen molar-refractivity contribution in [1.82, 2.24) is 10.3 Å². The molecule has 2 aromatic rings. The first-order valence-corrected chi connectivity index (χ1v) is 9.85. The number of rotatable bonds is 6. The largest absolute Gasteiger partial charge is 0.462 e. The highest BCUT2D eigenvalue weighted by molar-refractivity contribution is 7.20. The van der Waals surface area contributed by atoms with Gasteiger partial charge in [-0.15, -0.1) is 11.3 Å². The summed E-state index contributed by atoms with van der Waals surface area (Å²) >= 11 is 1.13. The molecule has 0 bridgehead atoms. The van der Waals surface area contributed by atoms with Gasteiger partial charge in [0.2, 0.25) is 5.89 Å². The molecule has 2 aromatic heterocycles. The number of carbonyl (C=O) groups is 3. The minimum atomic E-state index is -0.882. The number of nitrogens with one attached hydrogen (secondary N) is 2. The molecule has 158 valence electrons. The van der Waals surface area contributed by atoms with Crippen LogP contribution in [-0.2, 0) is 14.3 Å². The maximum Gasteiger partial charge on any atom is 0.341 e. The predicted molar refractivity (Wildman–Crippen MR) is 108 cm³/mol. The maximum atomic E-state index is 12.4. The van der Waals surface area contributed by atoms with E-state index in [0.717, 1.165) is 11.3 Å². The Morgan fingerprint density at radius 3 is 2.55 bits per heavy atom. The Bertz CT molecular complexity index is 883. The van der Waals surface area contributed by atoms with Crippen molar-refractivity contribution in [1.29, 1.82) is 0 Å². The summed E-state index contributed by atoms with van der Waals surface area (Å²) in [7, 11) is 0. The lowest BCUT2D eigenvalue weighted by atomic mass is 10.1. The van der Waals surface area contributed by atoms with E-state index in [9.17, 15) is 14.4 Å². The highest BCUT2D eigenvalue weighted by Crippen LogP contribution is 2.39. The quantitative estimate of drug-likeness (QED) is 0.679. The fourth-order valence-corrected chi connectivity index (χ4v) is 3.50.